The average Bonchev–Trinajstić information content (AvgIpc) is 2.71. The zero-order chi connectivity index (χ0) is 15.7. The van der Waals surface area contributed by atoms with Crippen molar-refractivity contribution in [1.82, 2.24) is 9.55 Å². The van der Waals surface area contributed by atoms with Crippen molar-refractivity contribution in [2.45, 2.75) is 60.4 Å². The molecule has 2 rings (SSSR count). The summed E-state index contributed by atoms with van der Waals surface area (Å²) in [4.78, 5) is 4.86. The van der Waals surface area contributed by atoms with E-state index in [2.05, 4.69) is 58.2 Å². The quantitative estimate of drug-likeness (QED) is 0.892. The molecule has 0 spiro atoms. The molecule has 0 bridgehead atoms. The van der Waals surface area contributed by atoms with E-state index < -0.39 is 0 Å². The van der Waals surface area contributed by atoms with Crippen molar-refractivity contribution >= 4 is 5.82 Å². The van der Waals surface area contributed by atoms with E-state index in [1.807, 2.05) is 0 Å². The minimum atomic E-state index is 0.333. The van der Waals surface area contributed by atoms with Crippen LogP contribution in [0.15, 0.2) is 12.1 Å². The lowest BCUT2D eigenvalue weighted by Crippen LogP contribution is -2.09. The predicted molar refractivity (Wildman–Crippen MR) is 90.7 cm³/mol. The largest absolute Gasteiger partial charge is 0.383 e. The van der Waals surface area contributed by atoms with Gasteiger partial charge in [-0.3, -0.25) is 0 Å². The summed E-state index contributed by atoms with van der Waals surface area (Å²) in [7, 11) is 0. The van der Waals surface area contributed by atoms with E-state index >= 15 is 0 Å². The smallest absolute Gasteiger partial charge is 0.131 e. The second-order valence-electron chi connectivity index (χ2n) is 6.23. The Morgan fingerprint density at radius 1 is 1.10 bits per heavy atom. The van der Waals surface area contributed by atoms with Gasteiger partial charge in [0, 0.05) is 18.0 Å². The van der Waals surface area contributed by atoms with E-state index in [1.165, 1.54) is 16.7 Å². The molecule has 0 aliphatic carbocycles. The highest BCUT2D eigenvalue weighted by Gasteiger charge is 2.19. The Hall–Kier alpha value is -1.77. The molecule has 1 aromatic carbocycles. The van der Waals surface area contributed by atoms with Crippen LogP contribution in [0, 0.1) is 20.8 Å². The minimum Gasteiger partial charge on any atom is -0.383 e. The minimum absolute atomic E-state index is 0.333. The maximum absolute atomic E-state index is 6.42. The van der Waals surface area contributed by atoms with Gasteiger partial charge < -0.3 is 10.3 Å². The lowest BCUT2D eigenvalue weighted by Gasteiger charge is -2.13. The molecule has 0 aliphatic heterocycles. The number of aromatic nitrogens is 2. The molecule has 3 nitrogen and oxygen atoms in total. The molecule has 114 valence electrons. The molecule has 0 unspecified atom stereocenters. The van der Waals surface area contributed by atoms with Gasteiger partial charge in [0.05, 0.1) is 0 Å². The lowest BCUT2D eigenvalue weighted by atomic mass is 9.99. The molecular formula is C18H27N3. The maximum atomic E-state index is 6.42. The number of hydrogen-bond donors (Lipinski definition) is 1. The number of hydrogen-bond acceptors (Lipinski definition) is 2. The third-order valence-corrected chi connectivity index (χ3v) is 4.11. The molecule has 0 radical (unpaired) electrons. The number of rotatable bonds is 4. The number of nitrogen functional groups attached to an aromatic ring is 1. The molecule has 0 amide bonds. The van der Waals surface area contributed by atoms with E-state index in [0.717, 1.165) is 35.7 Å². The summed E-state index contributed by atoms with van der Waals surface area (Å²) in [6.07, 6.45) is 2.04. The second kappa shape index (κ2) is 5.92. The van der Waals surface area contributed by atoms with Crippen LogP contribution in [0.1, 0.15) is 55.7 Å². The molecular weight excluding hydrogens is 258 g/mol. The third-order valence-electron chi connectivity index (χ3n) is 4.11. The highest BCUT2D eigenvalue weighted by atomic mass is 15.2. The van der Waals surface area contributed by atoms with Crippen molar-refractivity contribution in [3.63, 3.8) is 0 Å². The molecule has 1 aromatic heterocycles. The SMILES string of the molecule is CCCc1nc(-c2cc(C)c(C)cc2C)c(N)n1C(C)C. The van der Waals surface area contributed by atoms with Crippen LogP contribution in [0.2, 0.25) is 0 Å². The summed E-state index contributed by atoms with van der Waals surface area (Å²) in [5.74, 6) is 1.89. The van der Waals surface area contributed by atoms with Gasteiger partial charge in [-0.15, -0.1) is 0 Å². The Morgan fingerprint density at radius 2 is 1.71 bits per heavy atom. The highest BCUT2D eigenvalue weighted by molar-refractivity contribution is 5.74. The molecule has 0 saturated carbocycles. The predicted octanol–water partition coefficient (Wildman–Crippen LogP) is 4.59. The summed E-state index contributed by atoms with van der Waals surface area (Å²) in [6.45, 7) is 12.9. The summed E-state index contributed by atoms with van der Waals surface area (Å²) in [5.41, 5.74) is 12.4. The van der Waals surface area contributed by atoms with Gasteiger partial charge in [0.2, 0.25) is 0 Å². The van der Waals surface area contributed by atoms with Crippen LogP contribution < -0.4 is 5.73 Å². The zero-order valence-electron chi connectivity index (χ0n) is 14.1. The molecule has 21 heavy (non-hydrogen) atoms. The van der Waals surface area contributed by atoms with E-state index in [1.54, 1.807) is 0 Å². The zero-order valence-corrected chi connectivity index (χ0v) is 14.1. The van der Waals surface area contributed by atoms with Crippen LogP contribution in [0.4, 0.5) is 5.82 Å². The van der Waals surface area contributed by atoms with Gasteiger partial charge in [0.25, 0.3) is 0 Å². The molecule has 2 N–H and O–H groups in total. The fraction of sp³-hybridized carbons (Fsp3) is 0.500. The van der Waals surface area contributed by atoms with E-state index in [9.17, 15) is 0 Å². The van der Waals surface area contributed by atoms with Crippen LogP contribution in [0.5, 0.6) is 0 Å². The van der Waals surface area contributed by atoms with Crippen LogP contribution in [-0.2, 0) is 6.42 Å². The van der Waals surface area contributed by atoms with Crippen molar-refractivity contribution in [3.8, 4) is 11.3 Å². The van der Waals surface area contributed by atoms with Gasteiger partial charge in [-0.05, 0) is 63.8 Å². The number of benzene rings is 1. The highest BCUT2D eigenvalue weighted by Crippen LogP contribution is 2.33. The fourth-order valence-corrected chi connectivity index (χ4v) is 2.88. The maximum Gasteiger partial charge on any atom is 0.131 e. The van der Waals surface area contributed by atoms with Crippen LogP contribution >= 0.6 is 0 Å². The molecule has 1 heterocycles. The Morgan fingerprint density at radius 3 is 2.29 bits per heavy atom. The molecule has 0 atom stereocenters. The van der Waals surface area contributed by atoms with Gasteiger partial charge in [0.1, 0.15) is 17.3 Å². The molecule has 2 aromatic rings. The topological polar surface area (TPSA) is 43.8 Å². The molecule has 3 heteroatoms. The van der Waals surface area contributed by atoms with Gasteiger partial charge >= 0.3 is 0 Å². The summed E-state index contributed by atoms with van der Waals surface area (Å²) < 4.78 is 2.17. The van der Waals surface area contributed by atoms with Crippen LogP contribution in [0.3, 0.4) is 0 Å². The summed E-state index contributed by atoms with van der Waals surface area (Å²) in [6, 6.07) is 4.77. The van der Waals surface area contributed by atoms with Crippen molar-refractivity contribution in [1.29, 1.82) is 0 Å². The monoisotopic (exact) mass is 285 g/mol. The Bertz CT molecular complexity index is 651. The first kappa shape index (κ1) is 15.6. The first-order chi connectivity index (χ1) is 9.86. The lowest BCUT2D eigenvalue weighted by molar-refractivity contribution is 0.571. The van der Waals surface area contributed by atoms with Gasteiger partial charge in [0.15, 0.2) is 0 Å². The normalized spacial score (nSPS) is 11.4. The Balaban J connectivity index is 2.65. The van der Waals surface area contributed by atoms with Gasteiger partial charge in [-0.1, -0.05) is 13.0 Å². The van der Waals surface area contributed by atoms with Crippen molar-refractivity contribution in [3.05, 3.63) is 34.6 Å². The number of nitrogens with zero attached hydrogens (tertiary/aromatic N) is 2. The van der Waals surface area contributed by atoms with Crippen LogP contribution in [0.25, 0.3) is 11.3 Å². The number of anilines is 1. The van der Waals surface area contributed by atoms with Crippen LogP contribution in [-0.4, -0.2) is 9.55 Å². The second-order valence-corrected chi connectivity index (χ2v) is 6.23. The molecule has 0 saturated heterocycles. The summed E-state index contributed by atoms with van der Waals surface area (Å²) >= 11 is 0. The first-order valence-electron chi connectivity index (χ1n) is 7.81. The van der Waals surface area contributed by atoms with E-state index in [0.29, 0.717) is 6.04 Å². The first-order valence-corrected chi connectivity index (χ1v) is 7.81. The number of nitrogens with two attached hydrogens (primary N) is 1. The Labute approximate surface area is 128 Å². The Kier molecular flexibility index (Phi) is 4.40. The van der Waals surface area contributed by atoms with Gasteiger partial charge in [-0.25, -0.2) is 4.98 Å². The van der Waals surface area contributed by atoms with Gasteiger partial charge in [-0.2, -0.15) is 0 Å². The van der Waals surface area contributed by atoms with Crippen molar-refractivity contribution in [2.75, 3.05) is 5.73 Å². The fourth-order valence-electron chi connectivity index (χ4n) is 2.88. The summed E-state index contributed by atoms with van der Waals surface area (Å²) in [5, 5.41) is 0. The number of imidazole rings is 1. The van der Waals surface area contributed by atoms with E-state index in [-0.39, 0.29) is 0 Å². The average molecular weight is 285 g/mol. The van der Waals surface area contributed by atoms with Crippen molar-refractivity contribution < 1.29 is 0 Å². The van der Waals surface area contributed by atoms with Crippen molar-refractivity contribution in [2.24, 2.45) is 0 Å². The third kappa shape index (κ3) is 2.82. The number of aryl methyl sites for hydroxylation is 4. The molecule has 0 aliphatic rings. The molecule has 0 fully saturated rings. The van der Waals surface area contributed by atoms with E-state index in [4.69, 9.17) is 10.7 Å². The standard InChI is InChI=1S/C18H27N3/c1-7-8-16-20-17(18(19)21(16)11(2)3)15-10-13(5)12(4)9-14(15)6/h9-11H,7-8,19H2,1-6H3.